The second-order valence-electron chi connectivity index (χ2n) is 3.57. The van der Waals surface area contributed by atoms with Crippen LogP contribution in [0.5, 0.6) is 0 Å². The van der Waals surface area contributed by atoms with Gasteiger partial charge in [-0.2, -0.15) is 0 Å². The Morgan fingerprint density at radius 1 is 1.35 bits per heavy atom. The van der Waals surface area contributed by atoms with Crippen LogP contribution in [0, 0.1) is 5.82 Å². The summed E-state index contributed by atoms with van der Waals surface area (Å²) in [7, 11) is 0. The summed E-state index contributed by atoms with van der Waals surface area (Å²) in [6.07, 6.45) is 3.70. The number of nitrogens with zero attached hydrogens (tertiary/aromatic N) is 2. The largest absolute Gasteiger partial charge is 0.376 e. The number of rotatable bonds is 4. The number of anilines is 1. The Morgan fingerprint density at radius 3 is 2.82 bits per heavy atom. The molecule has 0 aromatic carbocycles. The molecule has 0 atom stereocenters. The van der Waals surface area contributed by atoms with Crippen LogP contribution in [0.25, 0.3) is 10.6 Å². The van der Waals surface area contributed by atoms with Crippen LogP contribution in [0.15, 0.2) is 18.5 Å². The summed E-state index contributed by atoms with van der Waals surface area (Å²) in [5.74, 6) is -0.333. The molecule has 0 aliphatic rings. The maximum absolute atomic E-state index is 13.1. The number of pyridine rings is 1. The first-order valence-corrected chi connectivity index (χ1v) is 6.40. The van der Waals surface area contributed by atoms with Crippen LogP contribution in [0.1, 0.15) is 19.5 Å². The van der Waals surface area contributed by atoms with Crippen molar-refractivity contribution in [3.05, 3.63) is 30.0 Å². The highest BCUT2D eigenvalue weighted by molar-refractivity contribution is 7.19. The molecule has 17 heavy (non-hydrogen) atoms. The molecule has 5 heteroatoms. The number of thiazole rings is 1. The molecule has 0 bridgehead atoms. The Balaban J connectivity index is 2.39. The van der Waals surface area contributed by atoms with Crippen molar-refractivity contribution in [2.75, 3.05) is 11.9 Å². The Labute approximate surface area is 104 Å². The zero-order valence-electron chi connectivity index (χ0n) is 9.83. The number of hydrogen-bond donors (Lipinski definition) is 1. The van der Waals surface area contributed by atoms with E-state index in [0.717, 1.165) is 34.2 Å². The summed E-state index contributed by atoms with van der Waals surface area (Å²) in [6, 6.07) is 1.46. The fourth-order valence-corrected chi connectivity index (χ4v) is 2.65. The Bertz CT molecular complexity index is 510. The van der Waals surface area contributed by atoms with E-state index in [-0.39, 0.29) is 5.82 Å². The van der Waals surface area contributed by atoms with E-state index >= 15 is 0 Å². The molecule has 2 aromatic heterocycles. The van der Waals surface area contributed by atoms with Gasteiger partial charge in [-0.05, 0) is 19.4 Å². The summed E-state index contributed by atoms with van der Waals surface area (Å²) in [6.45, 7) is 4.96. The van der Waals surface area contributed by atoms with Crippen molar-refractivity contribution in [2.24, 2.45) is 0 Å². The predicted molar refractivity (Wildman–Crippen MR) is 68.8 cm³/mol. The zero-order chi connectivity index (χ0) is 12.3. The lowest BCUT2D eigenvalue weighted by Gasteiger charge is -1.99. The van der Waals surface area contributed by atoms with Crippen molar-refractivity contribution in [2.45, 2.75) is 20.3 Å². The molecule has 2 aromatic rings. The van der Waals surface area contributed by atoms with E-state index in [9.17, 15) is 4.39 Å². The molecule has 2 rings (SSSR count). The smallest absolute Gasteiger partial charge is 0.142 e. The lowest BCUT2D eigenvalue weighted by atomic mass is 10.3. The van der Waals surface area contributed by atoms with Crippen LogP contribution in [0.2, 0.25) is 0 Å². The standard InChI is InChI=1S/C12H14FN3S/c1-3-10-12(15-4-2)17-11(16-10)8-5-9(13)7-14-6-8/h5-7,15H,3-4H2,1-2H3. The molecule has 90 valence electrons. The average Bonchev–Trinajstić information content (AvgIpc) is 2.73. The molecule has 0 saturated carbocycles. The van der Waals surface area contributed by atoms with Gasteiger partial charge >= 0.3 is 0 Å². The molecule has 2 heterocycles. The van der Waals surface area contributed by atoms with Gasteiger partial charge in [-0.1, -0.05) is 18.3 Å². The van der Waals surface area contributed by atoms with Crippen LogP contribution < -0.4 is 5.32 Å². The number of nitrogens with one attached hydrogen (secondary N) is 1. The fraction of sp³-hybridized carbons (Fsp3) is 0.333. The number of aryl methyl sites for hydroxylation is 1. The minimum atomic E-state index is -0.333. The summed E-state index contributed by atoms with van der Waals surface area (Å²) in [4.78, 5) is 8.35. The second-order valence-corrected chi connectivity index (χ2v) is 4.57. The summed E-state index contributed by atoms with van der Waals surface area (Å²) in [5.41, 5.74) is 1.75. The molecular formula is C12H14FN3S. The molecule has 3 nitrogen and oxygen atoms in total. The average molecular weight is 251 g/mol. The third-order valence-electron chi connectivity index (χ3n) is 2.32. The molecule has 1 N–H and O–H groups in total. The topological polar surface area (TPSA) is 37.8 Å². The van der Waals surface area contributed by atoms with E-state index in [4.69, 9.17) is 0 Å². The maximum atomic E-state index is 13.1. The summed E-state index contributed by atoms with van der Waals surface area (Å²) < 4.78 is 13.1. The molecule has 0 radical (unpaired) electrons. The van der Waals surface area contributed by atoms with Crippen molar-refractivity contribution in [1.82, 2.24) is 9.97 Å². The zero-order valence-corrected chi connectivity index (χ0v) is 10.6. The second kappa shape index (κ2) is 5.23. The van der Waals surface area contributed by atoms with Crippen LogP contribution in [-0.2, 0) is 6.42 Å². The molecule has 0 unspecified atom stereocenters. The van der Waals surface area contributed by atoms with E-state index in [2.05, 4.69) is 22.2 Å². The van der Waals surface area contributed by atoms with Gasteiger partial charge in [-0.15, -0.1) is 0 Å². The fourth-order valence-electron chi connectivity index (χ4n) is 1.54. The Hall–Kier alpha value is -1.49. The summed E-state index contributed by atoms with van der Waals surface area (Å²) in [5, 5.41) is 5.15. The normalized spacial score (nSPS) is 10.5. The third kappa shape index (κ3) is 2.61. The molecule has 0 aliphatic heterocycles. The first-order valence-electron chi connectivity index (χ1n) is 5.59. The molecule has 0 saturated heterocycles. The van der Waals surface area contributed by atoms with Gasteiger partial charge in [-0.3, -0.25) is 4.98 Å². The lowest BCUT2D eigenvalue weighted by molar-refractivity contribution is 0.622. The number of aromatic nitrogens is 2. The van der Waals surface area contributed by atoms with Crippen molar-refractivity contribution < 1.29 is 4.39 Å². The number of halogens is 1. The first-order chi connectivity index (χ1) is 8.24. The van der Waals surface area contributed by atoms with E-state index in [0.29, 0.717) is 0 Å². The van der Waals surface area contributed by atoms with Gasteiger partial charge in [0, 0.05) is 18.3 Å². The SMILES string of the molecule is CCNc1sc(-c2cncc(F)c2)nc1CC. The van der Waals surface area contributed by atoms with Crippen LogP contribution in [0.3, 0.4) is 0 Å². The van der Waals surface area contributed by atoms with Gasteiger partial charge in [0.15, 0.2) is 0 Å². The van der Waals surface area contributed by atoms with Crippen molar-refractivity contribution in [1.29, 1.82) is 0 Å². The summed E-state index contributed by atoms with van der Waals surface area (Å²) >= 11 is 1.54. The highest BCUT2D eigenvalue weighted by Crippen LogP contribution is 2.32. The third-order valence-corrected chi connectivity index (χ3v) is 3.43. The van der Waals surface area contributed by atoms with Crippen LogP contribution >= 0.6 is 11.3 Å². The number of hydrogen-bond acceptors (Lipinski definition) is 4. The lowest BCUT2D eigenvalue weighted by Crippen LogP contribution is -1.96. The van der Waals surface area contributed by atoms with Gasteiger partial charge in [0.2, 0.25) is 0 Å². The van der Waals surface area contributed by atoms with Crippen LogP contribution in [-0.4, -0.2) is 16.5 Å². The maximum Gasteiger partial charge on any atom is 0.142 e. The minimum absolute atomic E-state index is 0.333. The van der Waals surface area contributed by atoms with E-state index in [1.807, 2.05) is 6.92 Å². The van der Waals surface area contributed by atoms with E-state index in [1.165, 1.54) is 12.3 Å². The molecule has 0 spiro atoms. The molecular weight excluding hydrogens is 237 g/mol. The van der Waals surface area contributed by atoms with Gasteiger partial charge in [0.1, 0.15) is 15.8 Å². The highest BCUT2D eigenvalue weighted by Gasteiger charge is 2.11. The highest BCUT2D eigenvalue weighted by atomic mass is 32.1. The quantitative estimate of drug-likeness (QED) is 0.905. The van der Waals surface area contributed by atoms with Gasteiger partial charge in [0.25, 0.3) is 0 Å². The van der Waals surface area contributed by atoms with Crippen LogP contribution in [0.4, 0.5) is 9.39 Å². The first kappa shape index (κ1) is 12.0. The van der Waals surface area contributed by atoms with Gasteiger partial charge in [-0.25, -0.2) is 9.37 Å². The van der Waals surface area contributed by atoms with Crippen molar-refractivity contribution >= 4 is 16.3 Å². The minimum Gasteiger partial charge on any atom is -0.376 e. The predicted octanol–water partition coefficient (Wildman–Crippen LogP) is 3.34. The van der Waals surface area contributed by atoms with Crippen molar-refractivity contribution in [3.63, 3.8) is 0 Å². The Morgan fingerprint density at radius 2 is 2.18 bits per heavy atom. The Kier molecular flexibility index (Phi) is 3.68. The molecule has 0 fully saturated rings. The van der Waals surface area contributed by atoms with E-state index in [1.54, 1.807) is 17.5 Å². The van der Waals surface area contributed by atoms with E-state index < -0.39 is 0 Å². The monoisotopic (exact) mass is 251 g/mol. The van der Waals surface area contributed by atoms with Gasteiger partial charge < -0.3 is 5.32 Å². The van der Waals surface area contributed by atoms with Gasteiger partial charge in [0.05, 0.1) is 11.9 Å². The molecule has 0 aliphatic carbocycles. The molecule has 0 amide bonds. The van der Waals surface area contributed by atoms with Crippen molar-refractivity contribution in [3.8, 4) is 10.6 Å².